The van der Waals surface area contributed by atoms with Crippen molar-refractivity contribution in [1.82, 2.24) is 15.5 Å². The van der Waals surface area contributed by atoms with Crippen LogP contribution in [0.5, 0.6) is 5.75 Å². The van der Waals surface area contributed by atoms with Crippen LogP contribution >= 0.6 is 12.6 Å². The first-order valence-electron chi connectivity index (χ1n) is 12.1. The normalized spacial score (nSPS) is 12.8. The number of nitrogens with zero attached hydrogens (tertiary/aromatic N) is 1. The van der Waals surface area contributed by atoms with E-state index in [0.717, 1.165) is 12.0 Å². The van der Waals surface area contributed by atoms with Crippen molar-refractivity contribution in [3.8, 4) is 5.75 Å². The molecule has 0 saturated carbocycles. The van der Waals surface area contributed by atoms with E-state index in [0.29, 0.717) is 18.5 Å². The molecule has 0 aromatic heterocycles. The van der Waals surface area contributed by atoms with Gasteiger partial charge in [-0.05, 0) is 50.5 Å². The maximum absolute atomic E-state index is 13.7. The van der Waals surface area contributed by atoms with Crippen LogP contribution in [0.3, 0.4) is 0 Å². The number of aromatic hydroxyl groups is 1. The monoisotopic (exact) mass is 515 g/mol. The molecule has 0 aliphatic rings. The first kappa shape index (κ1) is 29.0. The van der Waals surface area contributed by atoms with Gasteiger partial charge in [-0.2, -0.15) is 12.6 Å². The molecule has 2 unspecified atom stereocenters. The second-order valence-corrected chi connectivity index (χ2v) is 9.83. The molecule has 2 aromatic carbocycles. The lowest BCUT2D eigenvalue weighted by Crippen LogP contribution is -2.54. The predicted octanol–water partition coefficient (Wildman–Crippen LogP) is 4.20. The summed E-state index contributed by atoms with van der Waals surface area (Å²) >= 11 is 4.29. The Hall–Kier alpha value is -3.20. The van der Waals surface area contributed by atoms with E-state index in [1.165, 1.54) is 17.0 Å². The molecule has 0 bridgehead atoms. The Morgan fingerprint density at radius 3 is 2.25 bits per heavy atom. The van der Waals surface area contributed by atoms with Crippen molar-refractivity contribution in [2.24, 2.45) is 0 Å². The van der Waals surface area contributed by atoms with Gasteiger partial charge in [0.05, 0.1) is 0 Å². The highest BCUT2D eigenvalue weighted by Crippen LogP contribution is 2.25. The second kappa shape index (κ2) is 13.8. The third kappa shape index (κ3) is 9.11. The van der Waals surface area contributed by atoms with Crippen molar-refractivity contribution >= 4 is 30.5 Å². The van der Waals surface area contributed by atoms with Gasteiger partial charge < -0.3 is 25.4 Å². The Kier molecular flexibility index (Phi) is 11.1. The van der Waals surface area contributed by atoms with E-state index in [-0.39, 0.29) is 24.0 Å². The molecule has 2 rings (SSSR count). The molecule has 0 spiro atoms. The minimum absolute atomic E-state index is 0.0225. The number of carbonyl (C=O) groups excluding carboxylic acids is 3. The summed E-state index contributed by atoms with van der Waals surface area (Å²) in [5.41, 5.74) is 0.724. The maximum atomic E-state index is 13.7. The number of hydrogen-bond donors (Lipinski definition) is 4. The minimum atomic E-state index is -0.999. The van der Waals surface area contributed by atoms with Crippen molar-refractivity contribution in [3.63, 3.8) is 0 Å². The molecule has 2 aromatic rings. The molecule has 2 atom stereocenters. The van der Waals surface area contributed by atoms with Gasteiger partial charge in [0.25, 0.3) is 0 Å². The van der Waals surface area contributed by atoms with Crippen molar-refractivity contribution in [3.05, 3.63) is 65.7 Å². The Morgan fingerprint density at radius 1 is 1.06 bits per heavy atom. The highest BCUT2D eigenvalue weighted by Gasteiger charge is 2.35. The van der Waals surface area contributed by atoms with Crippen LogP contribution in [0.15, 0.2) is 54.6 Å². The summed E-state index contributed by atoms with van der Waals surface area (Å²) in [4.78, 5) is 41.1. The fourth-order valence-electron chi connectivity index (χ4n) is 3.54. The van der Waals surface area contributed by atoms with Gasteiger partial charge in [-0.25, -0.2) is 4.79 Å². The van der Waals surface area contributed by atoms with E-state index >= 15 is 0 Å². The van der Waals surface area contributed by atoms with E-state index < -0.39 is 29.7 Å². The number of hydrogen-bond acceptors (Lipinski definition) is 6. The number of thiol groups is 1. The van der Waals surface area contributed by atoms with Gasteiger partial charge in [-0.3, -0.25) is 9.59 Å². The quantitative estimate of drug-likeness (QED) is 0.336. The van der Waals surface area contributed by atoms with E-state index in [1.54, 1.807) is 32.9 Å². The van der Waals surface area contributed by atoms with Crippen LogP contribution in [0.25, 0.3) is 0 Å². The number of alkyl carbamates (subject to hydrolysis) is 1. The summed E-state index contributed by atoms with van der Waals surface area (Å²) in [6.07, 6.45) is 0.709. The maximum Gasteiger partial charge on any atom is 0.408 e. The van der Waals surface area contributed by atoms with Crippen molar-refractivity contribution in [2.45, 2.75) is 64.8 Å². The minimum Gasteiger partial charge on any atom is -0.508 e. The number of phenols is 1. The lowest BCUT2D eigenvalue weighted by molar-refractivity contribution is -0.142. The molecule has 36 heavy (non-hydrogen) atoms. The van der Waals surface area contributed by atoms with Gasteiger partial charge in [0.1, 0.15) is 23.4 Å². The summed E-state index contributed by atoms with van der Waals surface area (Å²) in [7, 11) is 0. The molecule has 0 saturated heterocycles. The Bertz CT molecular complexity index is 993. The summed E-state index contributed by atoms with van der Waals surface area (Å²) in [5.74, 6) is -0.746. The average molecular weight is 516 g/mol. The van der Waals surface area contributed by atoms with Gasteiger partial charge in [0, 0.05) is 18.8 Å². The number of phenolic OH excluding ortho intramolecular Hbond substituents is 1. The molecule has 0 fully saturated rings. The van der Waals surface area contributed by atoms with Crippen LogP contribution in [0.4, 0.5) is 4.79 Å². The lowest BCUT2D eigenvalue weighted by atomic mass is 10.0. The van der Waals surface area contributed by atoms with E-state index in [4.69, 9.17) is 4.74 Å². The molecule has 3 N–H and O–H groups in total. The first-order valence-corrected chi connectivity index (χ1v) is 12.7. The van der Waals surface area contributed by atoms with E-state index in [9.17, 15) is 19.5 Å². The molecule has 0 heterocycles. The van der Waals surface area contributed by atoms with Crippen molar-refractivity contribution in [1.29, 1.82) is 0 Å². The zero-order valence-corrected chi connectivity index (χ0v) is 22.3. The molecular weight excluding hydrogens is 478 g/mol. The third-order valence-corrected chi connectivity index (χ3v) is 5.65. The fraction of sp³-hybridized carbons (Fsp3) is 0.444. The van der Waals surface area contributed by atoms with E-state index in [2.05, 4.69) is 23.3 Å². The fourth-order valence-corrected chi connectivity index (χ4v) is 3.79. The zero-order chi connectivity index (χ0) is 26.7. The highest BCUT2D eigenvalue weighted by atomic mass is 32.1. The van der Waals surface area contributed by atoms with Crippen molar-refractivity contribution < 1.29 is 24.2 Å². The number of amides is 3. The molecule has 0 aliphatic heterocycles. The van der Waals surface area contributed by atoms with Crippen LogP contribution in [0.1, 0.15) is 57.7 Å². The number of unbranched alkanes of at least 4 members (excludes halogenated alkanes) is 1. The number of rotatable bonds is 11. The summed E-state index contributed by atoms with van der Waals surface area (Å²) in [6.45, 7) is 7.76. The second-order valence-electron chi connectivity index (χ2n) is 9.46. The van der Waals surface area contributed by atoms with Gasteiger partial charge >= 0.3 is 6.09 Å². The lowest BCUT2D eigenvalue weighted by Gasteiger charge is -2.34. The predicted molar refractivity (Wildman–Crippen MR) is 143 cm³/mol. The smallest absolute Gasteiger partial charge is 0.408 e. The molecule has 9 heteroatoms. The number of carbonyl (C=O) groups is 3. The van der Waals surface area contributed by atoms with Crippen LogP contribution in [0.2, 0.25) is 0 Å². The summed E-state index contributed by atoms with van der Waals surface area (Å²) in [5, 5.41) is 15.3. The average Bonchev–Trinajstić information content (AvgIpc) is 2.83. The number of benzene rings is 2. The van der Waals surface area contributed by atoms with Crippen LogP contribution < -0.4 is 10.6 Å². The zero-order valence-electron chi connectivity index (χ0n) is 21.4. The van der Waals surface area contributed by atoms with Crippen LogP contribution in [0, 0.1) is 0 Å². The molecule has 0 aliphatic carbocycles. The molecule has 0 radical (unpaired) electrons. The molecular formula is C27H37N3O5S. The van der Waals surface area contributed by atoms with Gasteiger partial charge in [-0.1, -0.05) is 55.8 Å². The molecule has 8 nitrogen and oxygen atoms in total. The van der Waals surface area contributed by atoms with Gasteiger partial charge in [-0.15, -0.1) is 0 Å². The molecule has 196 valence electrons. The van der Waals surface area contributed by atoms with Gasteiger partial charge in [0.2, 0.25) is 11.8 Å². The summed E-state index contributed by atoms with van der Waals surface area (Å²) < 4.78 is 5.31. The Balaban J connectivity index is 2.37. The number of nitrogens with one attached hydrogen (secondary N) is 2. The van der Waals surface area contributed by atoms with Gasteiger partial charge in [0.15, 0.2) is 0 Å². The van der Waals surface area contributed by atoms with Crippen LogP contribution in [-0.2, 0) is 20.9 Å². The largest absolute Gasteiger partial charge is 0.508 e. The summed E-state index contributed by atoms with van der Waals surface area (Å²) in [6, 6.07) is 13.7. The Morgan fingerprint density at radius 2 is 1.69 bits per heavy atom. The SMILES string of the molecule is CCCCN(C(=O)C(CS)NC(=O)OC(C)(C)C)C(C(=O)NCc1ccccc1)c1ccc(O)cc1. The standard InChI is InChI=1S/C27H37N3O5S/c1-5-6-16-30(25(33)22(18-36)29-26(34)35-27(2,3)4)23(20-12-14-21(31)15-13-20)24(32)28-17-19-10-8-7-9-11-19/h7-15,22-23,31,36H,5-6,16-18H2,1-4H3,(H,28,32)(H,29,34). The number of ether oxygens (including phenoxy) is 1. The molecule has 3 amide bonds. The topological polar surface area (TPSA) is 108 Å². The van der Waals surface area contributed by atoms with Crippen molar-refractivity contribution in [2.75, 3.05) is 12.3 Å². The van der Waals surface area contributed by atoms with Crippen LogP contribution in [-0.4, -0.2) is 51.9 Å². The third-order valence-electron chi connectivity index (χ3n) is 5.29. The van der Waals surface area contributed by atoms with E-state index in [1.807, 2.05) is 37.3 Å². The Labute approximate surface area is 218 Å². The first-order chi connectivity index (χ1) is 17.1. The highest BCUT2D eigenvalue weighted by molar-refractivity contribution is 7.80.